The lowest BCUT2D eigenvalue weighted by atomic mass is 9.99. The largest absolute Gasteiger partial charge is 0.497 e. The van der Waals surface area contributed by atoms with E-state index in [1.165, 1.54) is 24.7 Å². The highest BCUT2D eigenvalue weighted by Gasteiger charge is 2.43. The van der Waals surface area contributed by atoms with Crippen LogP contribution >= 0.6 is 0 Å². The second-order valence-electron chi connectivity index (χ2n) is 6.44. The van der Waals surface area contributed by atoms with Gasteiger partial charge in [0.25, 0.3) is 5.91 Å². The third-order valence-corrected chi connectivity index (χ3v) is 4.87. The van der Waals surface area contributed by atoms with Gasteiger partial charge in [0.15, 0.2) is 5.69 Å². The van der Waals surface area contributed by atoms with Gasteiger partial charge >= 0.3 is 0 Å². The van der Waals surface area contributed by atoms with Crippen molar-refractivity contribution in [2.24, 2.45) is 0 Å². The number of hydrogen-bond acceptors (Lipinski definition) is 5. The fraction of sp³-hybridized carbons (Fsp3) is 0.444. The Bertz CT molecular complexity index is 712. The standard InChI is InChI=1S/C18H21N3O3/c1-23-14-4-2-3-12(11-14)17-15(7-9-21(17)13-5-6-13)19-18(22)16-8-10-24-20-16/h2-4,8,10-11,13,15,17H,5-7,9H2,1H3,(H,19,22). The Kier molecular flexibility index (Phi) is 3.98. The summed E-state index contributed by atoms with van der Waals surface area (Å²) in [6.07, 6.45) is 4.83. The molecule has 1 amide bonds. The summed E-state index contributed by atoms with van der Waals surface area (Å²) >= 11 is 0. The van der Waals surface area contributed by atoms with Gasteiger partial charge in [0.2, 0.25) is 0 Å². The van der Waals surface area contributed by atoms with Crippen molar-refractivity contribution in [2.45, 2.75) is 37.4 Å². The van der Waals surface area contributed by atoms with Gasteiger partial charge < -0.3 is 14.6 Å². The highest BCUT2D eigenvalue weighted by atomic mass is 16.5. The van der Waals surface area contributed by atoms with E-state index in [9.17, 15) is 4.79 Å². The van der Waals surface area contributed by atoms with E-state index in [4.69, 9.17) is 9.26 Å². The Morgan fingerprint density at radius 1 is 1.33 bits per heavy atom. The Morgan fingerprint density at radius 2 is 2.21 bits per heavy atom. The molecule has 1 aromatic heterocycles. The molecule has 1 saturated heterocycles. The molecule has 2 heterocycles. The Balaban J connectivity index is 1.59. The SMILES string of the molecule is COc1cccc(C2C(NC(=O)c3ccon3)CCN2C2CC2)c1. The van der Waals surface area contributed by atoms with Gasteiger partial charge in [-0.3, -0.25) is 9.69 Å². The van der Waals surface area contributed by atoms with Crippen molar-refractivity contribution >= 4 is 5.91 Å². The van der Waals surface area contributed by atoms with Gasteiger partial charge in [-0.15, -0.1) is 0 Å². The van der Waals surface area contributed by atoms with Crippen LogP contribution in [-0.4, -0.2) is 41.7 Å². The molecule has 1 aliphatic carbocycles. The lowest BCUT2D eigenvalue weighted by Gasteiger charge is -2.29. The zero-order valence-corrected chi connectivity index (χ0v) is 13.6. The smallest absolute Gasteiger partial charge is 0.273 e. The maximum Gasteiger partial charge on any atom is 0.273 e. The number of ether oxygens (including phenoxy) is 1. The summed E-state index contributed by atoms with van der Waals surface area (Å²) in [5.41, 5.74) is 1.51. The van der Waals surface area contributed by atoms with Crippen LogP contribution in [0.15, 0.2) is 41.1 Å². The van der Waals surface area contributed by atoms with E-state index in [2.05, 4.69) is 27.5 Å². The van der Waals surface area contributed by atoms with E-state index in [1.54, 1.807) is 13.2 Å². The quantitative estimate of drug-likeness (QED) is 0.913. The van der Waals surface area contributed by atoms with E-state index >= 15 is 0 Å². The summed E-state index contributed by atoms with van der Waals surface area (Å²) in [4.78, 5) is 14.9. The second-order valence-corrected chi connectivity index (χ2v) is 6.44. The van der Waals surface area contributed by atoms with Crippen LogP contribution in [0.4, 0.5) is 0 Å². The van der Waals surface area contributed by atoms with Gasteiger partial charge in [0.1, 0.15) is 12.0 Å². The summed E-state index contributed by atoms with van der Waals surface area (Å²) in [6, 6.07) is 10.6. The van der Waals surface area contributed by atoms with Crippen LogP contribution in [0, 0.1) is 0 Å². The Hall–Kier alpha value is -2.34. The maximum absolute atomic E-state index is 12.4. The highest BCUT2D eigenvalue weighted by Crippen LogP contribution is 2.41. The number of nitrogens with one attached hydrogen (secondary N) is 1. The van der Waals surface area contributed by atoms with Gasteiger partial charge in [-0.25, -0.2) is 0 Å². The van der Waals surface area contributed by atoms with Crippen LogP contribution in [0.5, 0.6) is 5.75 Å². The molecule has 4 rings (SSSR count). The second kappa shape index (κ2) is 6.28. The zero-order chi connectivity index (χ0) is 16.5. The molecule has 2 aromatic rings. The van der Waals surface area contributed by atoms with Crippen LogP contribution in [0.25, 0.3) is 0 Å². The normalized spacial score (nSPS) is 24.0. The molecular formula is C18H21N3O3. The molecule has 0 radical (unpaired) electrons. The fourth-order valence-corrected chi connectivity index (χ4v) is 3.60. The minimum atomic E-state index is -0.181. The number of hydrogen-bond donors (Lipinski definition) is 1. The topological polar surface area (TPSA) is 67.6 Å². The van der Waals surface area contributed by atoms with Crippen molar-refractivity contribution in [3.05, 3.63) is 47.9 Å². The van der Waals surface area contributed by atoms with Gasteiger partial charge in [-0.05, 0) is 37.0 Å². The lowest BCUT2D eigenvalue weighted by Crippen LogP contribution is -2.40. The van der Waals surface area contributed by atoms with Crippen LogP contribution in [0.2, 0.25) is 0 Å². The van der Waals surface area contributed by atoms with Crippen molar-refractivity contribution in [1.29, 1.82) is 0 Å². The molecule has 0 bridgehead atoms. The fourth-order valence-electron chi connectivity index (χ4n) is 3.60. The van der Waals surface area contributed by atoms with Crippen LogP contribution < -0.4 is 10.1 Å². The number of likely N-dealkylation sites (tertiary alicyclic amines) is 1. The first-order valence-electron chi connectivity index (χ1n) is 8.37. The van der Waals surface area contributed by atoms with Crippen LogP contribution in [-0.2, 0) is 0 Å². The molecule has 1 N–H and O–H groups in total. The van der Waals surface area contributed by atoms with E-state index < -0.39 is 0 Å². The first-order valence-corrected chi connectivity index (χ1v) is 8.37. The zero-order valence-electron chi connectivity index (χ0n) is 13.6. The van der Waals surface area contributed by atoms with Crippen LogP contribution in [0.3, 0.4) is 0 Å². The number of aromatic nitrogens is 1. The van der Waals surface area contributed by atoms with Gasteiger partial charge in [0, 0.05) is 18.7 Å². The summed E-state index contributed by atoms with van der Waals surface area (Å²) in [5.74, 6) is 0.663. The molecule has 2 atom stereocenters. The molecule has 0 spiro atoms. The van der Waals surface area contributed by atoms with Gasteiger partial charge in [0.05, 0.1) is 19.2 Å². The third-order valence-electron chi connectivity index (χ3n) is 4.87. The van der Waals surface area contributed by atoms with E-state index in [1.807, 2.05) is 12.1 Å². The summed E-state index contributed by atoms with van der Waals surface area (Å²) in [5, 5.41) is 6.87. The number of carbonyl (C=O) groups is 1. The van der Waals surface area contributed by atoms with Crippen molar-refractivity contribution in [2.75, 3.05) is 13.7 Å². The number of carbonyl (C=O) groups excluding carboxylic acids is 1. The molecular weight excluding hydrogens is 306 g/mol. The molecule has 24 heavy (non-hydrogen) atoms. The maximum atomic E-state index is 12.4. The summed E-state index contributed by atoms with van der Waals surface area (Å²) < 4.78 is 10.1. The number of amides is 1. The predicted molar refractivity (Wildman–Crippen MR) is 87.8 cm³/mol. The first-order chi connectivity index (χ1) is 11.8. The first kappa shape index (κ1) is 15.2. The lowest BCUT2D eigenvalue weighted by molar-refractivity contribution is 0.0914. The van der Waals surface area contributed by atoms with Crippen LogP contribution in [0.1, 0.15) is 41.4 Å². The van der Waals surface area contributed by atoms with Crippen molar-refractivity contribution < 1.29 is 14.1 Å². The molecule has 2 unspecified atom stereocenters. The number of rotatable bonds is 5. The van der Waals surface area contributed by atoms with Gasteiger partial charge in [-0.1, -0.05) is 17.3 Å². The molecule has 126 valence electrons. The summed E-state index contributed by atoms with van der Waals surface area (Å²) in [7, 11) is 1.68. The molecule has 2 fully saturated rings. The van der Waals surface area contributed by atoms with E-state index in [0.29, 0.717) is 11.7 Å². The molecule has 6 heteroatoms. The monoisotopic (exact) mass is 327 g/mol. The molecule has 2 aliphatic rings. The van der Waals surface area contributed by atoms with Crippen molar-refractivity contribution in [1.82, 2.24) is 15.4 Å². The average Bonchev–Trinajstić information content (AvgIpc) is 3.14. The average molecular weight is 327 g/mol. The Morgan fingerprint density at radius 3 is 2.92 bits per heavy atom. The molecule has 1 aliphatic heterocycles. The summed E-state index contributed by atoms with van der Waals surface area (Å²) in [6.45, 7) is 0.996. The molecule has 1 saturated carbocycles. The molecule has 1 aromatic carbocycles. The van der Waals surface area contributed by atoms with Crippen molar-refractivity contribution in [3.63, 3.8) is 0 Å². The number of methoxy groups -OCH3 is 1. The highest BCUT2D eigenvalue weighted by molar-refractivity contribution is 5.92. The minimum Gasteiger partial charge on any atom is -0.497 e. The van der Waals surface area contributed by atoms with Gasteiger partial charge in [-0.2, -0.15) is 0 Å². The van der Waals surface area contributed by atoms with E-state index in [0.717, 1.165) is 18.7 Å². The number of benzene rings is 1. The molecule has 6 nitrogen and oxygen atoms in total. The van der Waals surface area contributed by atoms with Crippen molar-refractivity contribution in [3.8, 4) is 5.75 Å². The predicted octanol–water partition coefficient (Wildman–Crippen LogP) is 2.39. The minimum absolute atomic E-state index is 0.0573. The number of nitrogens with zero attached hydrogens (tertiary/aromatic N) is 2. The third kappa shape index (κ3) is 2.89. The Labute approximate surface area is 140 Å². The van der Waals surface area contributed by atoms with E-state index in [-0.39, 0.29) is 18.0 Å².